The van der Waals surface area contributed by atoms with Crippen molar-refractivity contribution in [1.82, 2.24) is 25.1 Å². The monoisotopic (exact) mass is 398 g/mol. The Balaban J connectivity index is 1.39. The SMILES string of the molecule is CN(Cc1nccc(N)n1)C1CCN(C(=O)CNC(=O)OCc2ccccc2)C1. The lowest BCUT2D eigenvalue weighted by atomic mass is 10.2. The third-order valence-corrected chi connectivity index (χ3v) is 4.85. The molecule has 1 aromatic carbocycles. The van der Waals surface area contributed by atoms with Gasteiger partial charge in [0.2, 0.25) is 5.91 Å². The fraction of sp³-hybridized carbons (Fsp3) is 0.400. The largest absolute Gasteiger partial charge is 0.445 e. The first-order chi connectivity index (χ1) is 14.0. The van der Waals surface area contributed by atoms with E-state index in [0.29, 0.717) is 31.3 Å². The van der Waals surface area contributed by atoms with Gasteiger partial charge in [-0.3, -0.25) is 9.69 Å². The molecule has 1 aromatic heterocycles. The van der Waals surface area contributed by atoms with Gasteiger partial charge >= 0.3 is 6.09 Å². The second kappa shape index (κ2) is 9.83. The summed E-state index contributed by atoms with van der Waals surface area (Å²) in [6, 6.07) is 11.2. The first-order valence-electron chi connectivity index (χ1n) is 9.51. The van der Waals surface area contributed by atoms with Crippen molar-refractivity contribution in [2.45, 2.75) is 25.6 Å². The lowest BCUT2D eigenvalue weighted by molar-refractivity contribution is -0.129. The fourth-order valence-electron chi connectivity index (χ4n) is 3.21. The van der Waals surface area contributed by atoms with E-state index in [1.165, 1.54) is 0 Å². The summed E-state index contributed by atoms with van der Waals surface area (Å²) >= 11 is 0. The Hall–Kier alpha value is -3.20. The number of alkyl carbamates (subject to hydrolysis) is 1. The van der Waals surface area contributed by atoms with E-state index in [4.69, 9.17) is 10.5 Å². The minimum Gasteiger partial charge on any atom is -0.445 e. The van der Waals surface area contributed by atoms with Gasteiger partial charge in [-0.1, -0.05) is 30.3 Å². The van der Waals surface area contributed by atoms with Crippen molar-refractivity contribution >= 4 is 17.8 Å². The lowest BCUT2D eigenvalue weighted by Crippen LogP contribution is -2.41. The smallest absolute Gasteiger partial charge is 0.407 e. The van der Waals surface area contributed by atoms with E-state index in [1.54, 1.807) is 17.2 Å². The van der Waals surface area contributed by atoms with Crippen molar-refractivity contribution < 1.29 is 14.3 Å². The Labute approximate surface area is 169 Å². The molecule has 0 bridgehead atoms. The number of likely N-dealkylation sites (N-methyl/N-ethyl adjacent to an activating group) is 1. The number of likely N-dealkylation sites (tertiary alicyclic amines) is 1. The zero-order chi connectivity index (χ0) is 20.6. The number of nitrogens with two attached hydrogens (primary N) is 1. The maximum atomic E-state index is 12.4. The first-order valence-corrected chi connectivity index (χ1v) is 9.51. The highest BCUT2D eigenvalue weighted by Gasteiger charge is 2.29. The number of hydrogen-bond acceptors (Lipinski definition) is 7. The number of aromatic nitrogens is 2. The average molecular weight is 398 g/mol. The zero-order valence-corrected chi connectivity index (χ0v) is 16.5. The van der Waals surface area contributed by atoms with Crippen LogP contribution >= 0.6 is 0 Å². The average Bonchev–Trinajstić information content (AvgIpc) is 3.22. The van der Waals surface area contributed by atoms with Gasteiger partial charge < -0.3 is 20.7 Å². The molecule has 154 valence electrons. The van der Waals surface area contributed by atoms with Crippen LogP contribution in [0.5, 0.6) is 0 Å². The Kier molecular flexibility index (Phi) is 6.96. The van der Waals surface area contributed by atoms with E-state index in [2.05, 4.69) is 20.2 Å². The van der Waals surface area contributed by atoms with Gasteiger partial charge in [0.25, 0.3) is 0 Å². The third kappa shape index (κ3) is 6.15. The molecule has 2 aromatic rings. The number of carbonyl (C=O) groups excluding carboxylic acids is 2. The Morgan fingerprint density at radius 2 is 2.10 bits per heavy atom. The summed E-state index contributed by atoms with van der Waals surface area (Å²) in [7, 11) is 1.98. The van der Waals surface area contributed by atoms with Crippen LogP contribution in [0.25, 0.3) is 0 Å². The molecule has 0 saturated carbocycles. The second-order valence-corrected chi connectivity index (χ2v) is 7.01. The van der Waals surface area contributed by atoms with Gasteiger partial charge in [-0.15, -0.1) is 0 Å². The maximum absolute atomic E-state index is 12.4. The molecule has 29 heavy (non-hydrogen) atoms. The highest BCUT2D eigenvalue weighted by atomic mass is 16.5. The van der Waals surface area contributed by atoms with Crippen LogP contribution in [0.1, 0.15) is 17.8 Å². The lowest BCUT2D eigenvalue weighted by Gasteiger charge is -2.24. The number of ether oxygens (including phenoxy) is 1. The third-order valence-electron chi connectivity index (χ3n) is 4.85. The summed E-state index contributed by atoms with van der Waals surface area (Å²) in [6.07, 6.45) is 1.88. The van der Waals surface area contributed by atoms with Gasteiger partial charge in [0.15, 0.2) is 0 Å². The molecule has 3 N–H and O–H groups in total. The molecule has 0 aliphatic carbocycles. The first kappa shape index (κ1) is 20.5. The molecule has 1 atom stereocenters. The molecule has 3 rings (SSSR count). The van der Waals surface area contributed by atoms with Crippen LogP contribution in [0.2, 0.25) is 0 Å². The van der Waals surface area contributed by atoms with E-state index < -0.39 is 6.09 Å². The van der Waals surface area contributed by atoms with Crippen LogP contribution in [-0.2, 0) is 22.7 Å². The van der Waals surface area contributed by atoms with Crippen LogP contribution < -0.4 is 11.1 Å². The van der Waals surface area contributed by atoms with Gasteiger partial charge in [0.05, 0.1) is 6.54 Å². The topological polar surface area (TPSA) is 114 Å². The van der Waals surface area contributed by atoms with Gasteiger partial charge in [-0.05, 0) is 25.1 Å². The molecule has 9 nitrogen and oxygen atoms in total. The molecular formula is C20H26N6O3. The fourth-order valence-corrected chi connectivity index (χ4v) is 3.21. The summed E-state index contributed by atoms with van der Waals surface area (Å²) in [6.45, 7) is 1.89. The summed E-state index contributed by atoms with van der Waals surface area (Å²) in [5.74, 6) is 0.967. The van der Waals surface area contributed by atoms with Gasteiger partial charge in [0.1, 0.15) is 24.8 Å². The molecular weight excluding hydrogens is 372 g/mol. The number of amides is 2. The molecule has 1 aliphatic heterocycles. The van der Waals surface area contributed by atoms with E-state index in [0.717, 1.165) is 12.0 Å². The van der Waals surface area contributed by atoms with Gasteiger partial charge in [-0.2, -0.15) is 0 Å². The second-order valence-electron chi connectivity index (χ2n) is 7.01. The number of nitrogens with one attached hydrogen (secondary N) is 1. The van der Waals surface area contributed by atoms with Crippen LogP contribution in [0.4, 0.5) is 10.6 Å². The summed E-state index contributed by atoms with van der Waals surface area (Å²) < 4.78 is 5.12. The van der Waals surface area contributed by atoms with Gasteiger partial charge in [-0.25, -0.2) is 14.8 Å². The molecule has 0 spiro atoms. The van der Waals surface area contributed by atoms with Crippen molar-refractivity contribution in [1.29, 1.82) is 0 Å². The van der Waals surface area contributed by atoms with Gasteiger partial charge in [0, 0.05) is 25.3 Å². The number of nitrogens with zero attached hydrogens (tertiary/aromatic N) is 4. The van der Waals surface area contributed by atoms with E-state index in [9.17, 15) is 9.59 Å². The number of anilines is 1. The van der Waals surface area contributed by atoms with Crippen molar-refractivity contribution in [2.24, 2.45) is 0 Å². The highest BCUT2D eigenvalue weighted by molar-refractivity contribution is 5.82. The van der Waals surface area contributed by atoms with E-state index >= 15 is 0 Å². The molecule has 1 aliphatic rings. The van der Waals surface area contributed by atoms with Crippen molar-refractivity contribution in [3.63, 3.8) is 0 Å². The van der Waals surface area contributed by atoms with Crippen molar-refractivity contribution in [2.75, 3.05) is 32.4 Å². The summed E-state index contributed by atoms with van der Waals surface area (Å²) in [5.41, 5.74) is 6.59. The Morgan fingerprint density at radius 3 is 2.86 bits per heavy atom. The normalized spacial score (nSPS) is 16.1. The summed E-state index contributed by atoms with van der Waals surface area (Å²) in [4.78, 5) is 36.5. The highest BCUT2D eigenvalue weighted by Crippen LogP contribution is 2.16. The van der Waals surface area contributed by atoms with Crippen LogP contribution in [0.3, 0.4) is 0 Å². The number of benzene rings is 1. The van der Waals surface area contributed by atoms with Crippen LogP contribution in [0.15, 0.2) is 42.6 Å². The number of rotatable bonds is 7. The molecule has 1 fully saturated rings. The quantitative estimate of drug-likeness (QED) is 0.716. The van der Waals surface area contributed by atoms with Crippen LogP contribution in [-0.4, -0.2) is 64.5 Å². The molecule has 0 radical (unpaired) electrons. The summed E-state index contributed by atoms with van der Waals surface area (Å²) in [5, 5.41) is 2.52. The minimum atomic E-state index is -0.603. The molecule has 1 unspecified atom stereocenters. The standard InChI is InChI=1S/C20H26N6O3/c1-25(13-18-22-9-7-17(21)24-18)16-8-10-26(12-16)19(27)11-23-20(28)29-14-15-5-3-2-4-6-15/h2-7,9,16H,8,10-14H2,1H3,(H,23,28)(H2,21,22,24). The van der Waals surface area contributed by atoms with Crippen molar-refractivity contribution in [3.8, 4) is 0 Å². The Morgan fingerprint density at radius 1 is 1.31 bits per heavy atom. The predicted molar refractivity (Wildman–Crippen MR) is 108 cm³/mol. The maximum Gasteiger partial charge on any atom is 0.407 e. The number of nitrogen functional groups attached to an aromatic ring is 1. The van der Waals surface area contributed by atoms with E-state index in [-0.39, 0.29) is 25.1 Å². The molecule has 9 heteroatoms. The zero-order valence-electron chi connectivity index (χ0n) is 16.5. The molecule has 2 amide bonds. The minimum absolute atomic E-state index is 0.0810. The number of carbonyl (C=O) groups is 2. The van der Waals surface area contributed by atoms with E-state index in [1.807, 2.05) is 37.4 Å². The molecule has 1 saturated heterocycles. The Bertz CT molecular complexity index is 832. The van der Waals surface area contributed by atoms with Crippen LogP contribution in [0, 0.1) is 0 Å². The predicted octanol–water partition coefficient (Wildman–Crippen LogP) is 1.02. The van der Waals surface area contributed by atoms with Crippen molar-refractivity contribution in [3.05, 3.63) is 54.0 Å². The number of hydrogen-bond donors (Lipinski definition) is 2. The molecule has 2 heterocycles.